The van der Waals surface area contributed by atoms with E-state index >= 15 is 0 Å². The maximum atomic E-state index is 10.7. The molecule has 2 rings (SSSR count). The first-order valence-corrected chi connectivity index (χ1v) is 5.11. The highest BCUT2D eigenvalue weighted by atomic mass is 16.6. The van der Waals surface area contributed by atoms with Crippen LogP contribution in [0.25, 0.3) is 10.9 Å². The van der Waals surface area contributed by atoms with E-state index in [2.05, 4.69) is 5.10 Å². The van der Waals surface area contributed by atoms with Crippen molar-refractivity contribution >= 4 is 16.6 Å². The minimum atomic E-state index is -0.378. The van der Waals surface area contributed by atoms with Crippen molar-refractivity contribution in [2.24, 2.45) is 7.05 Å². The number of hydrogen-bond donors (Lipinski definition) is 0. The molecule has 5 nitrogen and oxygen atoms in total. The summed E-state index contributed by atoms with van der Waals surface area (Å²) in [5.41, 5.74) is 1.94. The molecule has 0 N–H and O–H groups in total. The second-order valence-corrected chi connectivity index (χ2v) is 4.12. The predicted molar refractivity (Wildman–Crippen MR) is 61.5 cm³/mol. The summed E-state index contributed by atoms with van der Waals surface area (Å²) in [6.45, 7) is 4.06. The van der Waals surface area contributed by atoms with Crippen molar-refractivity contribution in [3.63, 3.8) is 0 Å². The third kappa shape index (κ3) is 1.54. The molecule has 0 aliphatic heterocycles. The molecule has 16 heavy (non-hydrogen) atoms. The average molecular weight is 219 g/mol. The second kappa shape index (κ2) is 3.59. The highest BCUT2D eigenvalue weighted by Crippen LogP contribution is 2.27. The van der Waals surface area contributed by atoms with Crippen LogP contribution in [0.4, 0.5) is 5.69 Å². The highest BCUT2D eigenvalue weighted by molar-refractivity contribution is 5.84. The van der Waals surface area contributed by atoms with Crippen molar-refractivity contribution in [1.29, 1.82) is 0 Å². The van der Waals surface area contributed by atoms with Gasteiger partial charge in [-0.25, -0.2) is 0 Å². The molecule has 0 bridgehead atoms. The van der Waals surface area contributed by atoms with Gasteiger partial charge in [-0.2, -0.15) is 5.10 Å². The number of nitro benzene ring substituents is 1. The smallest absolute Gasteiger partial charge is 0.268 e. The van der Waals surface area contributed by atoms with E-state index < -0.39 is 0 Å². The van der Waals surface area contributed by atoms with Crippen LogP contribution in [0.2, 0.25) is 0 Å². The van der Waals surface area contributed by atoms with E-state index in [0.717, 1.165) is 16.6 Å². The molecule has 0 fully saturated rings. The van der Waals surface area contributed by atoms with Gasteiger partial charge in [0, 0.05) is 24.6 Å². The molecular weight excluding hydrogens is 206 g/mol. The van der Waals surface area contributed by atoms with E-state index in [1.54, 1.807) is 16.8 Å². The Morgan fingerprint density at radius 1 is 1.44 bits per heavy atom. The molecule has 0 aliphatic rings. The van der Waals surface area contributed by atoms with E-state index in [0.29, 0.717) is 0 Å². The second-order valence-electron chi connectivity index (χ2n) is 4.12. The molecule has 5 heteroatoms. The number of fused-ring (bicyclic) bond motifs is 1. The summed E-state index contributed by atoms with van der Waals surface area (Å²) in [6, 6.07) is 4.85. The normalized spacial score (nSPS) is 11.2. The molecule has 0 unspecified atom stereocenters. The van der Waals surface area contributed by atoms with Crippen molar-refractivity contribution in [2.45, 2.75) is 19.8 Å². The molecule has 0 amide bonds. The quantitative estimate of drug-likeness (QED) is 0.576. The van der Waals surface area contributed by atoms with Crippen LogP contribution in [0.1, 0.15) is 25.5 Å². The largest absolute Gasteiger partial charge is 0.270 e. The minimum Gasteiger partial charge on any atom is -0.268 e. The summed E-state index contributed by atoms with van der Waals surface area (Å²) < 4.78 is 1.76. The van der Waals surface area contributed by atoms with E-state index in [-0.39, 0.29) is 16.5 Å². The van der Waals surface area contributed by atoms with Crippen molar-refractivity contribution < 1.29 is 4.92 Å². The van der Waals surface area contributed by atoms with Gasteiger partial charge in [0.25, 0.3) is 5.69 Å². The Hall–Kier alpha value is -1.91. The fourth-order valence-corrected chi connectivity index (χ4v) is 1.82. The minimum absolute atomic E-state index is 0.113. The molecular formula is C11H13N3O2. The summed E-state index contributed by atoms with van der Waals surface area (Å²) in [5.74, 6) is 0.255. The zero-order valence-corrected chi connectivity index (χ0v) is 9.47. The van der Waals surface area contributed by atoms with Crippen molar-refractivity contribution in [3.05, 3.63) is 34.0 Å². The summed E-state index contributed by atoms with van der Waals surface area (Å²) in [6.07, 6.45) is 0. The Morgan fingerprint density at radius 2 is 2.12 bits per heavy atom. The zero-order chi connectivity index (χ0) is 11.9. The zero-order valence-electron chi connectivity index (χ0n) is 9.47. The Bertz CT molecular complexity index is 558. The lowest BCUT2D eigenvalue weighted by molar-refractivity contribution is -0.384. The number of aromatic nitrogens is 2. The first-order chi connectivity index (χ1) is 7.50. The predicted octanol–water partition coefficient (Wildman–Crippen LogP) is 2.60. The number of benzene rings is 1. The number of rotatable bonds is 2. The number of aryl methyl sites for hydroxylation is 1. The van der Waals surface area contributed by atoms with Crippen LogP contribution in [0, 0.1) is 10.1 Å². The summed E-state index contributed by atoms with van der Waals surface area (Å²) >= 11 is 0. The number of non-ortho nitro benzene ring substituents is 1. The van der Waals surface area contributed by atoms with E-state index in [9.17, 15) is 10.1 Å². The van der Waals surface area contributed by atoms with Crippen LogP contribution in [0.15, 0.2) is 18.2 Å². The van der Waals surface area contributed by atoms with E-state index in [1.165, 1.54) is 6.07 Å². The average Bonchev–Trinajstić information content (AvgIpc) is 2.56. The van der Waals surface area contributed by atoms with Gasteiger partial charge >= 0.3 is 0 Å². The third-order valence-corrected chi connectivity index (χ3v) is 2.62. The molecule has 0 spiro atoms. The molecule has 84 valence electrons. The van der Waals surface area contributed by atoms with Crippen LogP contribution in [-0.4, -0.2) is 14.7 Å². The summed E-state index contributed by atoms with van der Waals surface area (Å²) in [5, 5.41) is 16.0. The number of nitrogens with zero attached hydrogens (tertiary/aromatic N) is 3. The maximum Gasteiger partial charge on any atom is 0.270 e. The highest BCUT2D eigenvalue weighted by Gasteiger charge is 2.15. The number of nitro groups is 1. The van der Waals surface area contributed by atoms with Crippen LogP contribution in [0.3, 0.4) is 0 Å². The van der Waals surface area contributed by atoms with Crippen LogP contribution in [-0.2, 0) is 7.05 Å². The van der Waals surface area contributed by atoms with Crippen molar-refractivity contribution in [2.75, 3.05) is 0 Å². The Labute approximate surface area is 92.8 Å². The standard InChI is InChI=1S/C11H13N3O2/c1-7(2)11-9-6-8(14(15)16)4-5-10(9)13(3)12-11/h4-7H,1-3H3. The first-order valence-electron chi connectivity index (χ1n) is 5.11. The molecule has 2 aromatic rings. The number of hydrogen-bond acceptors (Lipinski definition) is 3. The molecule has 0 saturated heterocycles. The van der Waals surface area contributed by atoms with Crippen LogP contribution in [0.5, 0.6) is 0 Å². The van der Waals surface area contributed by atoms with Crippen LogP contribution < -0.4 is 0 Å². The van der Waals surface area contributed by atoms with Gasteiger partial charge in [0.1, 0.15) is 0 Å². The molecule has 0 radical (unpaired) electrons. The summed E-state index contributed by atoms with van der Waals surface area (Å²) in [4.78, 5) is 10.3. The molecule has 1 aromatic heterocycles. The van der Waals surface area contributed by atoms with Gasteiger partial charge in [-0.1, -0.05) is 13.8 Å². The lowest BCUT2D eigenvalue weighted by Crippen LogP contribution is -1.92. The fourth-order valence-electron chi connectivity index (χ4n) is 1.82. The molecule has 0 atom stereocenters. The van der Waals surface area contributed by atoms with Crippen molar-refractivity contribution in [1.82, 2.24) is 9.78 Å². The van der Waals surface area contributed by atoms with Gasteiger partial charge < -0.3 is 0 Å². The van der Waals surface area contributed by atoms with Gasteiger partial charge in [0.15, 0.2) is 0 Å². The molecule has 0 saturated carbocycles. The lowest BCUT2D eigenvalue weighted by atomic mass is 10.1. The monoisotopic (exact) mass is 219 g/mol. The molecule has 0 aliphatic carbocycles. The van der Waals surface area contributed by atoms with Gasteiger partial charge in [-0.15, -0.1) is 0 Å². The lowest BCUT2D eigenvalue weighted by Gasteiger charge is -1.99. The Morgan fingerprint density at radius 3 is 2.69 bits per heavy atom. The summed E-state index contributed by atoms with van der Waals surface area (Å²) in [7, 11) is 1.85. The van der Waals surface area contributed by atoms with Crippen LogP contribution >= 0.6 is 0 Å². The van der Waals surface area contributed by atoms with Gasteiger partial charge in [-0.05, 0) is 12.0 Å². The van der Waals surface area contributed by atoms with Gasteiger partial charge in [0.2, 0.25) is 0 Å². The Balaban J connectivity index is 2.74. The Kier molecular flexibility index (Phi) is 2.38. The molecule has 1 aromatic carbocycles. The fraction of sp³-hybridized carbons (Fsp3) is 0.364. The van der Waals surface area contributed by atoms with Gasteiger partial charge in [0.05, 0.1) is 16.1 Å². The maximum absolute atomic E-state index is 10.7. The van der Waals surface area contributed by atoms with Crippen molar-refractivity contribution in [3.8, 4) is 0 Å². The van der Waals surface area contributed by atoms with E-state index in [1.807, 2.05) is 20.9 Å². The SMILES string of the molecule is CC(C)c1nn(C)c2ccc([N+](=O)[O-])cc12. The van der Waals surface area contributed by atoms with Gasteiger partial charge in [-0.3, -0.25) is 14.8 Å². The third-order valence-electron chi connectivity index (χ3n) is 2.62. The molecule has 1 heterocycles. The topological polar surface area (TPSA) is 61.0 Å². The van der Waals surface area contributed by atoms with E-state index in [4.69, 9.17) is 0 Å². The first kappa shape index (κ1) is 10.6.